The van der Waals surface area contributed by atoms with Gasteiger partial charge in [-0.15, -0.1) is 0 Å². The van der Waals surface area contributed by atoms with E-state index in [4.69, 9.17) is 40.5 Å². The molecule has 2 aromatic carbocycles. The molecule has 0 bridgehead atoms. The Balaban J connectivity index is 2.44. The molecular weight excluding hydrogens is 355 g/mol. The van der Waals surface area contributed by atoms with Crippen LogP contribution in [-0.4, -0.2) is 8.42 Å². The van der Waals surface area contributed by atoms with E-state index < -0.39 is 10.0 Å². The van der Waals surface area contributed by atoms with Crippen LogP contribution in [0.2, 0.25) is 15.1 Å². The zero-order valence-electron chi connectivity index (χ0n) is 10.8. The van der Waals surface area contributed by atoms with Gasteiger partial charge in [0.15, 0.2) is 0 Å². The number of sulfonamides is 1. The van der Waals surface area contributed by atoms with Gasteiger partial charge in [-0.2, -0.15) is 0 Å². The third-order valence-corrected chi connectivity index (χ3v) is 4.84. The van der Waals surface area contributed by atoms with Crippen molar-refractivity contribution in [1.82, 2.24) is 0 Å². The van der Waals surface area contributed by atoms with Crippen LogP contribution >= 0.6 is 34.8 Å². The minimum absolute atomic E-state index is 0.0349. The van der Waals surface area contributed by atoms with Crippen molar-refractivity contribution in [2.45, 2.75) is 11.8 Å². The number of nitrogen functional groups attached to an aromatic ring is 1. The lowest BCUT2D eigenvalue weighted by Gasteiger charge is -2.12. The maximum Gasteiger partial charge on any atom is 0.262 e. The SMILES string of the molecule is Cc1cc(N)c(Cl)cc1NS(=O)(=O)c1cc(Cl)cc(Cl)c1. The molecule has 0 aliphatic carbocycles. The second-order valence-electron chi connectivity index (χ2n) is 4.40. The van der Waals surface area contributed by atoms with Crippen LogP contribution in [0.25, 0.3) is 0 Å². The number of rotatable bonds is 3. The molecule has 0 atom stereocenters. The smallest absolute Gasteiger partial charge is 0.262 e. The van der Waals surface area contributed by atoms with Gasteiger partial charge >= 0.3 is 0 Å². The second kappa shape index (κ2) is 5.93. The van der Waals surface area contributed by atoms with Gasteiger partial charge in [0, 0.05) is 10.0 Å². The lowest BCUT2D eigenvalue weighted by Crippen LogP contribution is -2.14. The minimum atomic E-state index is -3.83. The average Bonchev–Trinajstić information content (AvgIpc) is 2.34. The second-order valence-corrected chi connectivity index (χ2v) is 7.36. The molecule has 0 aliphatic heterocycles. The molecule has 0 saturated heterocycles. The summed E-state index contributed by atoms with van der Waals surface area (Å²) in [7, 11) is -3.83. The van der Waals surface area contributed by atoms with Crippen molar-refractivity contribution in [3.05, 3.63) is 51.0 Å². The van der Waals surface area contributed by atoms with Crippen LogP contribution in [-0.2, 0) is 10.0 Å². The number of benzene rings is 2. The summed E-state index contributed by atoms with van der Waals surface area (Å²) in [5.41, 5.74) is 7.02. The lowest BCUT2D eigenvalue weighted by molar-refractivity contribution is 0.601. The summed E-state index contributed by atoms with van der Waals surface area (Å²) in [6.45, 7) is 1.72. The molecule has 0 amide bonds. The predicted octanol–water partition coefficient (Wildman–Crippen LogP) is 4.34. The Kier molecular flexibility index (Phi) is 4.58. The number of aryl methyl sites for hydroxylation is 1. The highest BCUT2D eigenvalue weighted by atomic mass is 35.5. The van der Waals surface area contributed by atoms with Crippen molar-refractivity contribution < 1.29 is 8.42 Å². The van der Waals surface area contributed by atoms with Crippen LogP contribution in [0, 0.1) is 6.92 Å². The fraction of sp³-hybridized carbons (Fsp3) is 0.0769. The first-order valence-corrected chi connectivity index (χ1v) is 8.35. The van der Waals surface area contributed by atoms with Crippen LogP contribution in [0.4, 0.5) is 11.4 Å². The van der Waals surface area contributed by atoms with Crippen molar-refractivity contribution in [1.29, 1.82) is 0 Å². The molecule has 0 spiro atoms. The fourth-order valence-electron chi connectivity index (χ4n) is 1.70. The summed E-state index contributed by atoms with van der Waals surface area (Å²) in [6, 6.07) is 7.11. The van der Waals surface area contributed by atoms with E-state index >= 15 is 0 Å². The fourth-order valence-corrected chi connectivity index (χ4v) is 3.71. The van der Waals surface area contributed by atoms with Gasteiger partial charge in [-0.3, -0.25) is 4.72 Å². The van der Waals surface area contributed by atoms with Gasteiger partial charge in [0.25, 0.3) is 10.0 Å². The third-order valence-electron chi connectivity index (χ3n) is 2.73. The lowest BCUT2D eigenvalue weighted by atomic mass is 10.2. The Morgan fingerprint density at radius 3 is 2.14 bits per heavy atom. The molecule has 0 heterocycles. The van der Waals surface area contributed by atoms with Crippen LogP contribution in [0.1, 0.15) is 5.56 Å². The molecule has 0 fully saturated rings. The van der Waals surface area contributed by atoms with E-state index in [0.717, 1.165) is 0 Å². The Morgan fingerprint density at radius 1 is 1.00 bits per heavy atom. The van der Waals surface area contributed by atoms with Crippen LogP contribution < -0.4 is 10.5 Å². The van der Waals surface area contributed by atoms with Crippen molar-refractivity contribution in [2.24, 2.45) is 0 Å². The van der Waals surface area contributed by atoms with Gasteiger partial charge in [-0.05, 0) is 42.8 Å². The van der Waals surface area contributed by atoms with E-state index in [9.17, 15) is 8.42 Å². The summed E-state index contributed by atoms with van der Waals surface area (Å²) in [4.78, 5) is -0.0349. The summed E-state index contributed by atoms with van der Waals surface area (Å²) in [5, 5.41) is 0.729. The van der Waals surface area contributed by atoms with Gasteiger partial charge in [0.1, 0.15) is 0 Å². The van der Waals surface area contributed by atoms with Gasteiger partial charge in [0.05, 0.1) is 21.3 Å². The van der Waals surface area contributed by atoms with Crippen LogP contribution in [0.3, 0.4) is 0 Å². The molecule has 112 valence electrons. The molecule has 0 radical (unpaired) electrons. The quantitative estimate of drug-likeness (QED) is 0.795. The summed E-state index contributed by atoms with van der Waals surface area (Å²) >= 11 is 17.6. The molecule has 21 heavy (non-hydrogen) atoms. The van der Waals surface area contributed by atoms with E-state index in [1.807, 2.05) is 0 Å². The Labute approximate surface area is 137 Å². The minimum Gasteiger partial charge on any atom is -0.398 e. The number of hydrogen-bond acceptors (Lipinski definition) is 3. The first-order chi connectivity index (χ1) is 9.69. The van der Waals surface area contributed by atoms with E-state index in [1.54, 1.807) is 13.0 Å². The Morgan fingerprint density at radius 2 is 1.57 bits per heavy atom. The molecule has 3 N–H and O–H groups in total. The van der Waals surface area contributed by atoms with E-state index in [2.05, 4.69) is 4.72 Å². The van der Waals surface area contributed by atoms with Crippen LogP contribution in [0.15, 0.2) is 35.2 Å². The topological polar surface area (TPSA) is 72.2 Å². The number of anilines is 2. The highest BCUT2D eigenvalue weighted by Gasteiger charge is 2.17. The molecule has 0 unspecified atom stereocenters. The zero-order chi connectivity index (χ0) is 15.8. The van der Waals surface area contributed by atoms with Crippen molar-refractivity contribution >= 4 is 56.2 Å². The first-order valence-electron chi connectivity index (χ1n) is 5.73. The van der Waals surface area contributed by atoms with E-state index in [1.165, 1.54) is 24.3 Å². The number of halogens is 3. The number of nitrogens with one attached hydrogen (secondary N) is 1. The molecule has 4 nitrogen and oxygen atoms in total. The van der Waals surface area contributed by atoms with Crippen molar-refractivity contribution in [2.75, 3.05) is 10.5 Å². The molecule has 2 rings (SSSR count). The maximum atomic E-state index is 12.4. The van der Waals surface area contributed by atoms with Gasteiger partial charge in [-0.1, -0.05) is 34.8 Å². The molecule has 0 saturated carbocycles. The monoisotopic (exact) mass is 364 g/mol. The maximum absolute atomic E-state index is 12.4. The first kappa shape index (κ1) is 16.2. The molecular formula is C13H11Cl3N2O2S. The standard InChI is InChI=1S/C13H11Cl3N2O2S/c1-7-2-12(17)11(16)6-13(7)18-21(19,20)10-4-8(14)3-9(15)5-10/h2-6,18H,17H2,1H3. The summed E-state index contributed by atoms with van der Waals surface area (Å²) in [5.74, 6) is 0. The average molecular weight is 366 g/mol. The largest absolute Gasteiger partial charge is 0.398 e. The number of nitrogens with two attached hydrogens (primary N) is 1. The van der Waals surface area contributed by atoms with Gasteiger partial charge in [0.2, 0.25) is 0 Å². The molecule has 0 aliphatic rings. The van der Waals surface area contributed by atoms with Gasteiger partial charge in [-0.25, -0.2) is 8.42 Å². The Hall–Kier alpha value is -1.14. The highest BCUT2D eigenvalue weighted by molar-refractivity contribution is 7.92. The normalized spacial score (nSPS) is 11.4. The van der Waals surface area contributed by atoms with E-state index in [-0.39, 0.29) is 20.0 Å². The van der Waals surface area contributed by atoms with E-state index in [0.29, 0.717) is 16.9 Å². The Bertz CT molecular complexity index is 787. The third kappa shape index (κ3) is 3.74. The summed E-state index contributed by atoms with van der Waals surface area (Å²) < 4.78 is 27.1. The molecule has 0 aromatic heterocycles. The molecule has 8 heteroatoms. The highest BCUT2D eigenvalue weighted by Crippen LogP contribution is 2.29. The summed E-state index contributed by atoms with van der Waals surface area (Å²) in [6.07, 6.45) is 0. The van der Waals surface area contributed by atoms with Crippen molar-refractivity contribution in [3.63, 3.8) is 0 Å². The predicted molar refractivity (Wildman–Crippen MR) is 87.9 cm³/mol. The molecule has 2 aromatic rings. The van der Waals surface area contributed by atoms with Crippen LogP contribution in [0.5, 0.6) is 0 Å². The van der Waals surface area contributed by atoms with Crippen molar-refractivity contribution in [3.8, 4) is 0 Å². The zero-order valence-corrected chi connectivity index (χ0v) is 13.9. The van der Waals surface area contributed by atoms with Gasteiger partial charge < -0.3 is 5.73 Å². The number of hydrogen-bond donors (Lipinski definition) is 2.